The third-order valence-corrected chi connectivity index (χ3v) is 4.09. The van der Waals surface area contributed by atoms with Crippen LogP contribution in [0.3, 0.4) is 0 Å². The van der Waals surface area contributed by atoms with Gasteiger partial charge < -0.3 is 5.32 Å². The summed E-state index contributed by atoms with van der Waals surface area (Å²) in [6, 6.07) is 2.81. The van der Waals surface area contributed by atoms with E-state index in [2.05, 4.69) is 30.2 Å². The molecule has 0 bridgehead atoms. The molecule has 2 unspecified atom stereocenters. The van der Waals surface area contributed by atoms with Crippen molar-refractivity contribution in [3.05, 3.63) is 29.6 Å². The summed E-state index contributed by atoms with van der Waals surface area (Å²) in [5.41, 5.74) is 2.68. The average Bonchev–Trinajstić information content (AvgIpc) is 2.38. The van der Waals surface area contributed by atoms with Crippen LogP contribution in [0.4, 0.5) is 0 Å². The molecule has 1 aliphatic carbocycles. The summed E-state index contributed by atoms with van der Waals surface area (Å²) in [5, 5.41) is 3.70. The van der Waals surface area contributed by atoms with E-state index in [-0.39, 0.29) is 0 Å². The molecule has 0 saturated heterocycles. The molecule has 2 rings (SSSR count). The molecular formula is C15H24N2. The average molecular weight is 232 g/mol. The van der Waals surface area contributed by atoms with Crippen LogP contribution in [-0.4, -0.2) is 11.0 Å². The maximum atomic E-state index is 4.20. The summed E-state index contributed by atoms with van der Waals surface area (Å²) in [4.78, 5) is 4.20. The lowest BCUT2D eigenvalue weighted by molar-refractivity contribution is 0.278. The molecule has 1 saturated carbocycles. The Morgan fingerprint density at radius 1 is 1.41 bits per heavy atom. The van der Waals surface area contributed by atoms with Gasteiger partial charge in [0.15, 0.2) is 0 Å². The van der Waals surface area contributed by atoms with Gasteiger partial charge in [0.2, 0.25) is 0 Å². The Bertz CT molecular complexity index is 349. The highest BCUT2D eigenvalue weighted by Crippen LogP contribution is 2.26. The maximum absolute atomic E-state index is 4.20. The van der Waals surface area contributed by atoms with Crippen molar-refractivity contribution in [2.75, 3.05) is 0 Å². The minimum atomic E-state index is 0.716. The zero-order valence-electron chi connectivity index (χ0n) is 11.1. The molecule has 2 heteroatoms. The first-order valence-corrected chi connectivity index (χ1v) is 6.92. The second kappa shape index (κ2) is 6.15. The second-order valence-electron chi connectivity index (χ2n) is 5.32. The van der Waals surface area contributed by atoms with Crippen molar-refractivity contribution in [1.82, 2.24) is 10.3 Å². The standard InChI is InChI=1S/C15H24N2/c1-3-13-5-4-6-15(9-13)17-11-14-10-16-8-7-12(14)2/h7-8,10,13,15,17H,3-6,9,11H2,1-2H3. The maximum Gasteiger partial charge on any atom is 0.0315 e. The number of aryl methyl sites for hydroxylation is 1. The lowest BCUT2D eigenvalue weighted by atomic mass is 9.84. The van der Waals surface area contributed by atoms with Gasteiger partial charge in [0, 0.05) is 25.0 Å². The molecular weight excluding hydrogens is 208 g/mol. The van der Waals surface area contributed by atoms with E-state index < -0.39 is 0 Å². The van der Waals surface area contributed by atoms with E-state index in [0.717, 1.165) is 12.5 Å². The van der Waals surface area contributed by atoms with E-state index >= 15 is 0 Å². The normalized spacial score (nSPS) is 24.8. The van der Waals surface area contributed by atoms with Crippen molar-refractivity contribution >= 4 is 0 Å². The highest BCUT2D eigenvalue weighted by atomic mass is 14.9. The zero-order chi connectivity index (χ0) is 12.1. The van der Waals surface area contributed by atoms with Gasteiger partial charge in [-0.15, -0.1) is 0 Å². The summed E-state index contributed by atoms with van der Waals surface area (Å²) in [5.74, 6) is 0.941. The Morgan fingerprint density at radius 3 is 3.06 bits per heavy atom. The summed E-state index contributed by atoms with van der Waals surface area (Å²) < 4.78 is 0. The Balaban J connectivity index is 1.84. The molecule has 0 aromatic carbocycles. The Hall–Kier alpha value is -0.890. The van der Waals surface area contributed by atoms with E-state index in [1.54, 1.807) is 0 Å². The van der Waals surface area contributed by atoms with Gasteiger partial charge in [0.25, 0.3) is 0 Å². The van der Waals surface area contributed by atoms with Gasteiger partial charge >= 0.3 is 0 Å². The van der Waals surface area contributed by atoms with Crippen LogP contribution < -0.4 is 5.32 Å². The molecule has 0 spiro atoms. The first kappa shape index (κ1) is 12.6. The molecule has 2 atom stereocenters. The van der Waals surface area contributed by atoms with Crippen LogP contribution in [0, 0.1) is 12.8 Å². The molecule has 0 aliphatic heterocycles. The molecule has 1 heterocycles. The topological polar surface area (TPSA) is 24.9 Å². The summed E-state index contributed by atoms with van der Waals surface area (Å²) in [6.45, 7) is 5.45. The van der Waals surface area contributed by atoms with Crippen LogP contribution >= 0.6 is 0 Å². The molecule has 1 aliphatic rings. The van der Waals surface area contributed by atoms with Crippen molar-refractivity contribution < 1.29 is 0 Å². The predicted octanol–water partition coefficient (Wildman–Crippen LogP) is 3.45. The Kier molecular flexibility index (Phi) is 4.55. The van der Waals surface area contributed by atoms with E-state index in [9.17, 15) is 0 Å². The Morgan fingerprint density at radius 2 is 2.29 bits per heavy atom. The second-order valence-corrected chi connectivity index (χ2v) is 5.32. The molecule has 1 aromatic rings. The number of hydrogen-bond acceptors (Lipinski definition) is 2. The lowest BCUT2D eigenvalue weighted by Crippen LogP contribution is -2.33. The fourth-order valence-corrected chi connectivity index (χ4v) is 2.78. The monoisotopic (exact) mass is 232 g/mol. The number of rotatable bonds is 4. The minimum absolute atomic E-state index is 0.716. The van der Waals surface area contributed by atoms with Crippen molar-refractivity contribution in [3.63, 3.8) is 0 Å². The third-order valence-electron chi connectivity index (χ3n) is 4.09. The quantitative estimate of drug-likeness (QED) is 0.860. The third kappa shape index (κ3) is 3.53. The fraction of sp³-hybridized carbons (Fsp3) is 0.667. The van der Waals surface area contributed by atoms with Gasteiger partial charge in [0.1, 0.15) is 0 Å². The van der Waals surface area contributed by atoms with Gasteiger partial charge in [-0.1, -0.05) is 26.2 Å². The molecule has 94 valence electrons. The van der Waals surface area contributed by atoms with E-state index in [4.69, 9.17) is 0 Å². The molecule has 0 radical (unpaired) electrons. The SMILES string of the molecule is CCC1CCCC(NCc2cnccc2C)C1. The predicted molar refractivity (Wildman–Crippen MR) is 71.9 cm³/mol. The van der Waals surface area contributed by atoms with Gasteiger partial charge in [-0.05, 0) is 42.9 Å². The number of nitrogens with one attached hydrogen (secondary N) is 1. The van der Waals surface area contributed by atoms with Crippen LogP contribution in [-0.2, 0) is 6.54 Å². The smallest absolute Gasteiger partial charge is 0.0315 e. The summed E-state index contributed by atoms with van der Waals surface area (Å²) in [7, 11) is 0. The lowest BCUT2D eigenvalue weighted by Gasteiger charge is -2.29. The Labute approximate surface area is 105 Å². The number of aromatic nitrogens is 1. The van der Waals surface area contributed by atoms with Crippen molar-refractivity contribution in [1.29, 1.82) is 0 Å². The van der Waals surface area contributed by atoms with Crippen LogP contribution in [0.15, 0.2) is 18.5 Å². The van der Waals surface area contributed by atoms with E-state index in [0.29, 0.717) is 6.04 Å². The zero-order valence-corrected chi connectivity index (χ0v) is 11.1. The van der Waals surface area contributed by atoms with Gasteiger partial charge in [-0.3, -0.25) is 4.98 Å². The summed E-state index contributed by atoms with van der Waals surface area (Å²) in [6.07, 6.45) is 10.7. The van der Waals surface area contributed by atoms with Gasteiger partial charge in [-0.2, -0.15) is 0 Å². The first-order chi connectivity index (χ1) is 8.29. The van der Waals surface area contributed by atoms with Crippen LogP contribution in [0.25, 0.3) is 0 Å². The van der Waals surface area contributed by atoms with Crippen molar-refractivity contribution in [2.24, 2.45) is 5.92 Å². The van der Waals surface area contributed by atoms with Crippen LogP contribution in [0.1, 0.15) is 50.2 Å². The number of hydrogen-bond donors (Lipinski definition) is 1. The molecule has 1 aromatic heterocycles. The number of nitrogens with zero attached hydrogens (tertiary/aromatic N) is 1. The van der Waals surface area contributed by atoms with Crippen LogP contribution in [0.2, 0.25) is 0 Å². The van der Waals surface area contributed by atoms with Crippen LogP contribution in [0.5, 0.6) is 0 Å². The van der Waals surface area contributed by atoms with E-state index in [1.165, 1.54) is 43.2 Å². The van der Waals surface area contributed by atoms with Crippen molar-refractivity contribution in [2.45, 2.75) is 58.5 Å². The molecule has 1 N–H and O–H groups in total. The summed E-state index contributed by atoms with van der Waals surface area (Å²) >= 11 is 0. The minimum Gasteiger partial charge on any atom is -0.310 e. The van der Waals surface area contributed by atoms with Crippen molar-refractivity contribution in [3.8, 4) is 0 Å². The van der Waals surface area contributed by atoms with Gasteiger partial charge in [0.05, 0.1) is 0 Å². The molecule has 2 nitrogen and oxygen atoms in total. The molecule has 17 heavy (non-hydrogen) atoms. The molecule has 0 amide bonds. The number of pyridine rings is 1. The highest BCUT2D eigenvalue weighted by molar-refractivity contribution is 5.21. The largest absolute Gasteiger partial charge is 0.310 e. The molecule has 1 fully saturated rings. The highest BCUT2D eigenvalue weighted by Gasteiger charge is 2.20. The van der Waals surface area contributed by atoms with E-state index in [1.807, 2.05) is 12.4 Å². The fourth-order valence-electron chi connectivity index (χ4n) is 2.78. The van der Waals surface area contributed by atoms with Gasteiger partial charge in [-0.25, -0.2) is 0 Å². The first-order valence-electron chi connectivity index (χ1n) is 6.92.